The van der Waals surface area contributed by atoms with Gasteiger partial charge in [0.25, 0.3) is 0 Å². The highest BCUT2D eigenvalue weighted by atomic mass is 32.2. The maximum Gasteiger partial charge on any atom is 0.119 e. The molecule has 0 spiro atoms. The van der Waals surface area contributed by atoms with E-state index >= 15 is 0 Å². The Kier molecular flexibility index (Phi) is 10.9. The molecule has 0 aromatic heterocycles. The molecule has 0 amide bonds. The molecule has 0 radical (unpaired) electrons. The summed E-state index contributed by atoms with van der Waals surface area (Å²) in [6.07, 6.45) is 6.34. The molecule has 238 valence electrons. The van der Waals surface area contributed by atoms with E-state index in [1.807, 2.05) is 61.5 Å². The molecule has 5 nitrogen and oxygen atoms in total. The fourth-order valence-electron chi connectivity index (χ4n) is 5.84. The SMILES string of the molecule is CCCOc1ccc(N=Nc2ccc(N=Nc3ccc(Sc4ccc(-c5ccc(C6CCC(C)CC6)cc5)cc4)cc3)cc2)c(C)c1. The van der Waals surface area contributed by atoms with Gasteiger partial charge in [-0.25, -0.2) is 0 Å². The molecule has 1 aliphatic carbocycles. The van der Waals surface area contributed by atoms with Gasteiger partial charge in [-0.1, -0.05) is 74.8 Å². The zero-order chi connectivity index (χ0) is 32.4. The monoisotopic (exact) mass is 638 g/mol. The lowest BCUT2D eigenvalue weighted by Gasteiger charge is -2.26. The second kappa shape index (κ2) is 15.8. The van der Waals surface area contributed by atoms with E-state index < -0.39 is 0 Å². The molecule has 6 heteroatoms. The Morgan fingerprint density at radius 2 is 1.13 bits per heavy atom. The zero-order valence-corrected chi connectivity index (χ0v) is 28.3. The van der Waals surface area contributed by atoms with Crippen molar-refractivity contribution in [3.05, 3.63) is 126 Å². The summed E-state index contributed by atoms with van der Waals surface area (Å²) in [5, 5.41) is 17.6. The molecule has 1 saturated carbocycles. The van der Waals surface area contributed by atoms with Crippen LogP contribution in [0.25, 0.3) is 11.1 Å². The van der Waals surface area contributed by atoms with Crippen LogP contribution in [0.4, 0.5) is 22.7 Å². The standard InChI is InChI=1S/C41H42N4OS/c1-4-27-46-38-21-26-41(30(3)28-38)45-44-36-17-15-35(16-18-36)42-43-37-19-24-40(25-20-37)47-39-22-13-34(14-23-39)33-11-9-32(10-12-33)31-7-5-29(2)6-8-31/h9-26,28-29,31H,4-8,27H2,1-3H3. The highest BCUT2D eigenvalue weighted by Crippen LogP contribution is 2.37. The van der Waals surface area contributed by atoms with E-state index in [-0.39, 0.29) is 0 Å². The van der Waals surface area contributed by atoms with Crippen LogP contribution in [0.3, 0.4) is 0 Å². The first kappa shape index (κ1) is 32.4. The molecular weight excluding hydrogens is 597 g/mol. The average molecular weight is 639 g/mol. The quantitative estimate of drug-likeness (QED) is 0.135. The van der Waals surface area contributed by atoms with E-state index in [9.17, 15) is 0 Å². The van der Waals surface area contributed by atoms with Gasteiger partial charge in [0.2, 0.25) is 0 Å². The minimum Gasteiger partial charge on any atom is -0.494 e. The van der Waals surface area contributed by atoms with E-state index in [0.717, 1.165) is 57.2 Å². The first-order valence-corrected chi connectivity index (χ1v) is 17.5. The maximum atomic E-state index is 5.69. The van der Waals surface area contributed by atoms with Gasteiger partial charge in [-0.15, -0.1) is 0 Å². The Morgan fingerprint density at radius 1 is 0.617 bits per heavy atom. The minimum atomic E-state index is 0.708. The number of hydrogen-bond donors (Lipinski definition) is 0. The Bertz CT molecular complexity index is 1790. The van der Waals surface area contributed by atoms with E-state index in [1.54, 1.807) is 11.8 Å². The van der Waals surface area contributed by atoms with Crippen LogP contribution in [0, 0.1) is 12.8 Å². The Morgan fingerprint density at radius 3 is 1.68 bits per heavy atom. The Balaban J connectivity index is 0.998. The lowest BCUT2D eigenvalue weighted by Crippen LogP contribution is -2.10. The minimum absolute atomic E-state index is 0.708. The highest BCUT2D eigenvalue weighted by molar-refractivity contribution is 7.99. The van der Waals surface area contributed by atoms with Crippen molar-refractivity contribution in [2.75, 3.05) is 6.61 Å². The van der Waals surface area contributed by atoms with Crippen molar-refractivity contribution in [2.45, 2.75) is 68.6 Å². The molecule has 1 fully saturated rings. The Hall–Kier alpha value is -4.55. The predicted molar refractivity (Wildman–Crippen MR) is 195 cm³/mol. The van der Waals surface area contributed by atoms with Crippen molar-refractivity contribution < 1.29 is 4.74 Å². The molecule has 0 N–H and O–H groups in total. The molecule has 0 heterocycles. The molecule has 47 heavy (non-hydrogen) atoms. The van der Waals surface area contributed by atoms with Crippen LogP contribution in [0.5, 0.6) is 5.75 Å². The van der Waals surface area contributed by atoms with E-state index in [2.05, 4.69) is 95.0 Å². The number of ether oxygens (including phenoxy) is 1. The number of rotatable bonds is 11. The number of aryl methyl sites for hydroxylation is 1. The number of nitrogens with zero attached hydrogens (tertiary/aromatic N) is 4. The van der Waals surface area contributed by atoms with Crippen LogP contribution in [0.1, 0.15) is 63.0 Å². The third-order valence-corrected chi connectivity index (χ3v) is 9.72. The number of hydrogen-bond acceptors (Lipinski definition) is 6. The summed E-state index contributed by atoms with van der Waals surface area (Å²) in [4.78, 5) is 2.37. The molecule has 5 aromatic carbocycles. The van der Waals surface area contributed by atoms with Gasteiger partial charge in [-0.3, -0.25) is 0 Å². The van der Waals surface area contributed by atoms with Gasteiger partial charge >= 0.3 is 0 Å². The first-order chi connectivity index (χ1) is 23.0. The highest BCUT2D eigenvalue weighted by Gasteiger charge is 2.19. The average Bonchev–Trinajstić information content (AvgIpc) is 3.11. The second-order valence-corrected chi connectivity index (χ2v) is 13.6. The lowest BCUT2D eigenvalue weighted by atomic mass is 9.79. The van der Waals surface area contributed by atoms with Crippen LogP contribution in [0.2, 0.25) is 0 Å². The van der Waals surface area contributed by atoms with Gasteiger partial charge < -0.3 is 4.74 Å². The predicted octanol–water partition coefficient (Wildman–Crippen LogP) is 13.7. The summed E-state index contributed by atoms with van der Waals surface area (Å²) in [7, 11) is 0. The molecular formula is C41H42N4OS. The van der Waals surface area contributed by atoms with Crippen molar-refractivity contribution in [2.24, 2.45) is 26.4 Å². The van der Waals surface area contributed by atoms with Gasteiger partial charge in [-0.2, -0.15) is 20.5 Å². The van der Waals surface area contributed by atoms with Gasteiger partial charge in [-0.05, 0) is 139 Å². The van der Waals surface area contributed by atoms with E-state index in [1.165, 1.54) is 47.3 Å². The molecule has 1 aliphatic rings. The lowest BCUT2D eigenvalue weighted by molar-refractivity contribution is 0.317. The zero-order valence-electron chi connectivity index (χ0n) is 27.5. The molecule has 0 saturated heterocycles. The first-order valence-electron chi connectivity index (χ1n) is 16.7. The molecule has 5 aromatic rings. The van der Waals surface area contributed by atoms with E-state index in [4.69, 9.17) is 4.74 Å². The van der Waals surface area contributed by atoms with Crippen molar-refractivity contribution in [1.82, 2.24) is 0 Å². The van der Waals surface area contributed by atoms with Gasteiger partial charge in [0.15, 0.2) is 0 Å². The van der Waals surface area contributed by atoms with Crippen LogP contribution >= 0.6 is 11.8 Å². The maximum absolute atomic E-state index is 5.69. The Labute approximate surface area is 283 Å². The molecule has 0 atom stereocenters. The summed E-state index contributed by atoms with van der Waals surface area (Å²) in [5.74, 6) is 2.47. The smallest absolute Gasteiger partial charge is 0.119 e. The van der Waals surface area contributed by atoms with Crippen LogP contribution in [-0.4, -0.2) is 6.61 Å². The van der Waals surface area contributed by atoms with Crippen LogP contribution < -0.4 is 4.74 Å². The topological polar surface area (TPSA) is 58.7 Å². The largest absolute Gasteiger partial charge is 0.494 e. The van der Waals surface area contributed by atoms with Crippen molar-refractivity contribution in [1.29, 1.82) is 0 Å². The second-order valence-electron chi connectivity index (χ2n) is 12.4. The molecule has 0 bridgehead atoms. The summed E-state index contributed by atoms with van der Waals surface area (Å²) >= 11 is 1.75. The summed E-state index contributed by atoms with van der Waals surface area (Å²) < 4.78 is 5.69. The van der Waals surface area contributed by atoms with Crippen LogP contribution in [-0.2, 0) is 0 Å². The van der Waals surface area contributed by atoms with Crippen molar-refractivity contribution in [3.8, 4) is 16.9 Å². The third kappa shape index (κ3) is 9.05. The van der Waals surface area contributed by atoms with Gasteiger partial charge in [0, 0.05) is 9.79 Å². The summed E-state index contributed by atoms with van der Waals surface area (Å²) in [6, 6.07) is 39.7. The molecule has 0 unspecified atom stereocenters. The normalized spacial score (nSPS) is 16.6. The number of benzene rings is 5. The number of azo groups is 2. The fourth-order valence-corrected chi connectivity index (χ4v) is 6.65. The molecule has 6 rings (SSSR count). The summed E-state index contributed by atoms with van der Waals surface area (Å²) in [5.41, 5.74) is 8.19. The van der Waals surface area contributed by atoms with Crippen molar-refractivity contribution >= 4 is 34.5 Å². The molecule has 0 aliphatic heterocycles. The third-order valence-electron chi connectivity index (χ3n) is 8.70. The summed E-state index contributed by atoms with van der Waals surface area (Å²) in [6.45, 7) is 7.19. The van der Waals surface area contributed by atoms with E-state index in [0.29, 0.717) is 6.61 Å². The van der Waals surface area contributed by atoms with Gasteiger partial charge in [0.05, 0.1) is 29.4 Å². The van der Waals surface area contributed by atoms with Crippen molar-refractivity contribution in [3.63, 3.8) is 0 Å². The van der Waals surface area contributed by atoms with Crippen LogP contribution in [0.15, 0.2) is 146 Å². The van der Waals surface area contributed by atoms with Gasteiger partial charge in [0.1, 0.15) is 5.75 Å². The fraction of sp³-hybridized carbons (Fsp3) is 0.268.